The summed E-state index contributed by atoms with van der Waals surface area (Å²) in [5.41, 5.74) is 2.18. The van der Waals surface area contributed by atoms with Gasteiger partial charge in [-0.25, -0.2) is 14.8 Å². The predicted molar refractivity (Wildman–Crippen MR) is 97.1 cm³/mol. The number of nitrogens with zero attached hydrogens (tertiary/aromatic N) is 3. The Bertz CT molecular complexity index is 1000. The normalized spacial score (nSPS) is 20.3. The summed E-state index contributed by atoms with van der Waals surface area (Å²) in [5.74, 6) is 0. The molecule has 3 aromatic rings. The van der Waals surface area contributed by atoms with Crippen LogP contribution in [0.4, 0.5) is 4.79 Å². The summed E-state index contributed by atoms with van der Waals surface area (Å²) >= 11 is 0. The zero-order valence-corrected chi connectivity index (χ0v) is 14.6. The van der Waals surface area contributed by atoms with Crippen LogP contribution in [0.2, 0.25) is 0 Å². The van der Waals surface area contributed by atoms with Gasteiger partial charge < -0.3 is 19.6 Å². The summed E-state index contributed by atoms with van der Waals surface area (Å²) in [6.07, 6.45) is 7.74. The van der Waals surface area contributed by atoms with Crippen molar-refractivity contribution in [2.75, 3.05) is 6.61 Å². The Balaban J connectivity index is 1.64. The number of aromatic amines is 1. The van der Waals surface area contributed by atoms with E-state index in [0.717, 1.165) is 42.2 Å². The molecular formula is C18H21N5O3. The van der Waals surface area contributed by atoms with Crippen molar-refractivity contribution >= 4 is 28.2 Å². The lowest BCUT2D eigenvalue weighted by Gasteiger charge is -2.30. The molecule has 1 saturated carbocycles. The lowest BCUT2D eigenvalue weighted by Crippen LogP contribution is -2.39. The molecule has 3 aromatic heterocycles. The van der Waals surface area contributed by atoms with Crippen molar-refractivity contribution in [3.05, 3.63) is 35.0 Å². The fraction of sp³-hybridized carbons (Fsp3) is 0.444. The van der Waals surface area contributed by atoms with E-state index in [9.17, 15) is 9.59 Å². The number of pyridine rings is 1. The zero-order chi connectivity index (χ0) is 18.1. The Hall–Kier alpha value is -2.90. The average molecular weight is 355 g/mol. The average Bonchev–Trinajstić information content (AvgIpc) is 3.12. The molecule has 8 nitrogen and oxygen atoms in total. The van der Waals surface area contributed by atoms with E-state index in [1.54, 1.807) is 13.1 Å². The third kappa shape index (κ3) is 2.91. The van der Waals surface area contributed by atoms with Gasteiger partial charge >= 0.3 is 6.09 Å². The van der Waals surface area contributed by atoms with Crippen molar-refractivity contribution in [1.29, 1.82) is 0 Å². The van der Waals surface area contributed by atoms with Crippen LogP contribution >= 0.6 is 0 Å². The minimum Gasteiger partial charge on any atom is -0.450 e. The number of carbonyl (C=O) groups excluding carboxylic acids is 1. The Morgan fingerprint density at radius 1 is 1.31 bits per heavy atom. The monoisotopic (exact) mass is 355 g/mol. The van der Waals surface area contributed by atoms with E-state index in [0.29, 0.717) is 12.1 Å². The lowest BCUT2D eigenvalue weighted by atomic mass is 9.90. The molecule has 0 unspecified atom stereocenters. The minimum absolute atomic E-state index is 0.0775. The van der Waals surface area contributed by atoms with Gasteiger partial charge in [0.05, 0.1) is 24.5 Å². The van der Waals surface area contributed by atoms with E-state index >= 15 is 0 Å². The van der Waals surface area contributed by atoms with Gasteiger partial charge in [-0.1, -0.05) is 0 Å². The molecule has 1 aliphatic carbocycles. The highest BCUT2D eigenvalue weighted by molar-refractivity contribution is 6.00. The van der Waals surface area contributed by atoms with E-state index in [-0.39, 0.29) is 23.7 Å². The van der Waals surface area contributed by atoms with E-state index in [1.165, 1.54) is 6.20 Å². The largest absolute Gasteiger partial charge is 0.450 e. The van der Waals surface area contributed by atoms with Gasteiger partial charge in [-0.2, -0.15) is 0 Å². The first kappa shape index (κ1) is 16.6. The summed E-state index contributed by atoms with van der Waals surface area (Å²) in [5, 5.41) is 3.80. The molecule has 0 bridgehead atoms. The molecule has 0 spiro atoms. The van der Waals surface area contributed by atoms with Gasteiger partial charge in [0.25, 0.3) is 5.56 Å². The fourth-order valence-corrected chi connectivity index (χ4v) is 3.81. The van der Waals surface area contributed by atoms with Gasteiger partial charge in [-0.05, 0) is 38.7 Å². The summed E-state index contributed by atoms with van der Waals surface area (Å²) in [7, 11) is 0. The summed E-state index contributed by atoms with van der Waals surface area (Å²) in [4.78, 5) is 35.9. The van der Waals surface area contributed by atoms with Crippen molar-refractivity contribution in [2.45, 2.75) is 44.7 Å². The highest BCUT2D eigenvalue weighted by Crippen LogP contribution is 2.31. The third-order valence-electron chi connectivity index (χ3n) is 4.99. The number of amides is 1. The molecule has 0 atom stereocenters. The van der Waals surface area contributed by atoms with Crippen LogP contribution in [-0.2, 0) is 4.74 Å². The second-order valence-electron chi connectivity index (χ2n) is 6.57. The summed E-state index contributed by atoms with van der Waals surface area (Å²) in [6, 6.07) is 2.09. The molecule has 2 N–H and O–H groups in total. The first-order valence-electron chi connectivity index (χ1n) is 8.94. The second kappa shape index (κ2) is 6.78. The first-order chi connectivity index (χ1) is 12.7. The number of hydrogen-bond acceptors (Lipinski definition) is 5. The third-order valence-corrected chi connectivity index (χ3v) is 4.99. The summed E-state index contributed by atoms with van der Waals surface area (Å²) < 4.78 is 6.80. The molecule has 0 saturated heterocycles. The van der Waals surface area contributed by atoms with Crippen molar-refractivity contribution < 1.29 is 9.53 Å². The number of fused-ring (bicyclic) bond motifs is 3. The van der Waals surface area contributed by atoms with Crippen LogP contribution in [0.1, 0.15) is 38.6 Å². The van der Waals surface area contributed by atoms with Crippen LogP contribution < -0.4 is 10.9 Å². The molecule has 0 aromatic carbocycles. The van der Waals surface area contributed by atoms with Gasteiger partial charge in [-0.3, -0.25) is 4.79 Å². The number of carbonyl (C=O) groups is 1. The summed E-state index contributed by atoms with van der Waals surface area (Å²) in [6.45, 7) is 2.15. The molecular weight excluding hydrogens is 334 g/mol. The molecule has 1 aliphatic rings. The van der Waals surface area contributed by atoms with Gasteiger partial charge in [0, 0.05) is 23.7 Å². The molecule has 0 radical (unpaired) electrons. The van der Waals surface area contributed by atoms with Gasteiger partial charge in [0.2, 0.25) is 0 Å². The van der Waals surface area contributed by atoms with Crippen LogP contribution in [0.5, 0.6) is 0 Å². The Kier molecular flexibility index (Phi) is 4.32. The topological polar surface area (TPSA) is 102 Å². The SMILES string of the molecule is CCOC(=O)NC1CCC(n2c(=O)cnc3cnc4[nH]ccc4c32)CC1. The number of ether oxygens (including phenoxy) is 1. The maximum absolute atomic E-state index is 12.6. The number of alkyl carbamates (subject to hydrolysis) is 1. The molecule has 8 heteroatoms. The Labute approximate surface area is 149 Å². The van der Waals surface area contributed by atoms with Gasteiger partial charge in [-0.15, -0.1) is 0 Å². The number of nitrogens with one attached hydrogen (secondary N) is 2. The minimum atomic E-state index is -0.373. The predicted octanol–water partition coefficient (Wildman–Crippen LogP) is 2.50. The highest BCUT2D eigenvalue weighted by atomic mass is 16.5. The standard InChI is InChI=1S/C18H21N5O3/c1-2-26-18(25)22-11-3-5-12(6-4-11)23-15(24)10-20-14-9-21-17-13(16(14)23)7-8-19-17/h7-12H,2-6H2,1H3,(H,19,21)(H,22,25). The zero-order valence-electron chi connectivity index (χ0n) is 14.6. The van der Waals surface area contributed by atoms with E-state index < -0.39 is 0 Å². The first-order valence-corrected chi connectivity index (χ1v) is 8.94. The molecule has 1 amide bonds. The van der Waals surface area contributed by atoms with Crippen LogP contribution in [0.15, 0.2) is 29.5 Å². The second-order valence-corrected chi connectivity index (χ2v) is 6.57. The van der Waals surface area contributed by atoms with Gasteiger partial charge in [0.1, 0.15) is 11.2 Å². The molecule has 0 aliphatic heterocycles. The number of H-pyrrole nitrogens is 1. The van der Waals surface area contributed by atoms with Crippen LogP contribution in [0, 0.1) is 0 Å². The van der Waals surface area contributed by atoms with Gasteiger partial charge in [0.15, 0.2) is 0 Å². The van der Waals surface area contributed by atoms with E-state index in [1.807, 2.05) is 16.8 Å². The maximum Gasteiger partial charge on any atom is 0.407 e. The molecule has 1 fully saturated rings. The van der Waals surface area contributed by atoms with Crippen molar-refractivity contribution in [2.24, 2.45) is 0 Å². The quantitative estimate of drug-likeness (QED) is 0.751. The van der Waals surface area contributed by atoms with Crippen LogP contribution in [0.25, 0.3) is 22.1 Å². The smallest absolute Gasteiger partial charge is 0.407 e. The van der Waals surface area contributed by atoms with Crippen molar-refractivity contribution in [1.82, 2.24) is 24.8 Å². The van der Waals surface area contributed by atoms with Crippen molar-refractivity contribution in [3.8, 4) is 0 Å². The molecule has 4 rings (SSSR count). The van der Waals surface area contributed by atoms with E-state index in [4.69, 9.17) is 4.74 Å². The van der Waals surface area contributed by atoms with Crippen LogP contribution in [0.3, 0.4) is 0 Å². The van der Waals surface area contributed by atoms with Crippen molar-refractivity contribution in [3.63, 3.8) is 0 Å². The number of hydrogen-bond donors (Lipinski definition) is 2. The molecule has 26 heavy (non-hydrogen) atoms. The maximum atomic E-state index is 12.6. The Morgan fingerprint density at radius 3 is 2.88 bits per heavy atom. The van der Waals surface area contributed by atoms with Crippen LogP contribution in [-0.4, -0.2) is 38.3 Å². The Morgan fingerprint density at radius 2 is 2.12 bits per heavy atom. The highest BCUT2D eigenvalue weighted by Gasteiger charge is 2.26. The van der Waals surface area contributed by atoms with E-state index in [2.05, 4.69) is 20.3 Å². The number of aromatic nitrogens is 4. The molecule has 136 valence electrons. The molecule has 3 heterocycles. The number of rotatable bonds is 3. The lowest BCUT2D eigenvalue weighted by molar-refractivity contribution is 0.143. The fourth-order valence-electron chi connectivity index (χ4n) is 3.81.